The summed E-state index contributed by atoms with van der Waals surface area (Å²) in [6, 6.07) is 0. The Morgan fingerprint density at radius 3 is 2.28 bits per heavy atom. The van der Waals surface area contributed by atoms with E-state index in [2.05, 4.69) is 0 Å². The standard InChI is InChI=1S/C12H21NO5/c1-5-12(3,4)18-11(17)7-9(15)6-10(16)13-8(2)14/h9,15H,5-7H2,1-4H3,(H,13,14,16). The highest BCUT2D eigenvalue weighted by Gasteiger charge is 2.23. The molecule has 6 heteroatoms. The van der Waals surface area contributed by atoms with Gasteiger partial charge in [0.15, 0.2) is 0 Å². The van der Waals surface area contributed by atoms with Crippen molar-refractivity contribution in [2.45, 2.75) is 58.7 Å². The minimum atomic E-state index is -1.15. The molecular weight excluding hydrogens is 238 g/mol. The summed E-state index contributed by atoms with van der Waals surface area (Å²) in [4.78, 5) is 33.2. The van der Waals surface area contributed by atoms with Crippen LogP contribution in [0.2, 0.25) is 0 Å². The molecule has 0 saturated heterocycles. The van der Waals surface area contributed by atoms with Crippen molar-refractivity contribution in [3.05, 3.63) is 0 Å². The Morgan fingerprint density at radius 2 is 1.83 bits per heavy atom. The van der Waals surface area contributed by atoms with Gasteiger partial charge in [-0.1, -0.05) is 6.92 Å². The van der Waals surface area contributed by atoms with E-state index in [9.17, 15) is 19.5 Å². The Bertz CT molecular complexity index is 324. The topological polar surface area (TPSA) is 92.7 Å². The molecule has 0 spiro atoms. The molecule has 1 unspecified atom stereocenters. The van der Waals surface area contributed by atoms with Gasteiger partial charge in [0.2, 0.25) is 11.8 Å². The number of amides is 2. The molecule has 2 N–H and O–H groups in total. The number of hydrogen-bond donors (Lipinski definition) is 2. The number of ether oxygens (including phenoxy) is 1. The fraction of sp³-hybridized carbons (Fsp3) is 0.750. The molecule has 0 rings (SSSR count). The monoisotopic (exact) mass is 259 g/mol. The summed E-state index contributed by atoms with van der Waals surface area (Å²) in [6.45, 7) is 6.60. The van der Waals surface area contributed by atoms with Gasteiger partial charge in [0.05, 0.1) is 18.9 Å². The average molecular weight is 259 g/mol. The molecule has 6 nitrogen and oxygen atoms in total. The molecule has 0 aliphatic rings. The number of aliphatic hydroxyl groups excluding tert-OH is 1. The van der Waals surface area contributed by atoms with Gasteiger partial charge in [0.25, 0.3) is 0 Å². The number of esters is 1. The van der Waals surface area contributed by atoms with Crippen LogP contribution in [0.5, 0.6) is 0 Å². The zero-order valence-electron chi connectivity index (χ0n) is 11.3. The van der Waals surface area contributed by atoms with Crippen LogP contribution in [0.3, 0.4) is 0 Å². The lowest BCUT2D eigenvalue weighted by Gasteiger charge is -2.23. The maximum Gasteiger partial charge on any atom is 0.308 e. The van der Waals surface area contributed by atoms with E-state index in [0.29, 0.717) is 6.42 Å². The van der Waals surface area contributed by atoms with Crippen molar-refractivity contribution < 1.29 is 24.2 Å². The number of rotatable bonds is 6. The molecule has 0 aromatic heterocycles. The predicted molar refractivity (Wildman–Crippen MR) is 64.5 cm³/mol. The second kappa shape index (κ2) is 7.10. The van der Waals surface area contributed by atoms with Crippen molar-refractivity contribution >= 4 is 17.8 Å². The largest absolute Gasteiger partial charge is 0.460 e. The first-order valence-electron chi connectivity index (χ1n) is 5.86. The van der Waals surface area contributed by atoms with E-state index >= 15 is 0 Å². The van der Waals surface area contributed by atoms with Crippen LogP contribution in [0.15, 0.2) is 0 Å². The third kappa shape index (κ3) is 7.78. The van der Waals surface area contributed by atoms with E-state index in [1.165, 1.54) is 6.92 Å². The molecule has 0 bridgehead atoms. The lowest BCUT2D eigenvalue weighted by atomic mass is 10.1. The van der Waals surface area contributed by atoms with Crippen LogP contribution in [0.25, 0.3) is 0 Å². The predicted octanol–water partition coefficient (Wildman–Crippen LogP) is 0.522. The third-order valence-corrected chi connectivity index (χ3v) is 2.38. The normalized spacial score (nSPS) is 12.7. The van der Waals surface area contributed by atoms with Crippen LogP contribution in [0.1, 0.15) is 47.0 Å². The highest BCUT2D eigenvalue weighted by Crippen LogP contribution is 2.15. The first-order valence-corrected chi connectivity index (χ1v) is 5.86. The van der Waals surface area contributed by atoms with E-state index in [4.69, 9.17) is 4.74 Å². The second-order valence-corrected chi connectivity index (χ2v) is 4.75. The number of hydrogen-bond acceptors (Lipinski definition) is 5. The van der Waals surface area contributed by atoms with Crippen LogP contribution in [0.4, 0.5) is 0 Å². The van der Waals surface area contributed by atoms with Crippen molar-refractivity contribution in [1.82, 2.24) is 5.32 Å². The van der Waals surface area contributed by atoms with Gasteiger partial charge in [-0.05, 0) is 20.3 Å². The Morgan fingerprint density at radius 1 is 1.28 bits per heavy atom. The molecular formula is C12H21NO5. The summed E-state index contributed by atoms with van der Waals surface area (Å²) < 4.78 is 5.12. The number of aliphatic hydroxyl groups is 1. The molecule has 2 amide bonds. The molecule has 0 heterocycles. The van der Waals surface area contributed by atoms with Gasteiger partial charge in [-0.3, -0.25) is 19.7 Å². The van der Waals surface area contributed by atoms with Gasteiger partial charge in [-0.2, -0.15) is 0 Å². The van der Waals surface area contributed by atoms with Crippen molar-refractivity contribution in [3.63, 3.8) is 0 Å². The summed E-state index contributed by atoms with van der Waals surface area (Å²) in [7, 11) is 0. The fourth-order valence-corrected chi connectivity index (χ4v) is 1.15. The van der Waals surface area contributed by atoms with Gasteiger partial charge in [-0.15, -0.1) is 0 Å². The summed E-state index contributed by atoms with van der Waals surface area (Å²) >= 11 is 0. The summed E-state index contributed by atoms with van der Waals surface area (Å²) in [5.74, 6) is -1.68. The first kappa shape index (κ1) is 16.6. The molecule has 18 heavy (non-hydrogen) atoms. The number of carbonyl (C=O) groups is 3. The van der Waals surface area contributed by atoms with E-state index in [0.717, 1.165) is 0 Å². The lowest BCUT2D eigenvalue weighted by molar-refractivity contribution is -0.159. The van der Waals surface area contributed by atoms with E-state index in [1.54, 1.807) is 13.8 Å². The number of nitrogens with one attached hydrogen (secondary N) is 1. The van der Waals surface area contributed by atoms with Gasteiger partial charge in [-0.25, -0.2) is 0 Å². The molecule has 0 saturated carbocycles. The quantitative estimate of drug-likeness (QED) is 0.678. The Kier molecular flexibility index (Phi) is 6.54. The van der Waals surface area contributed by atoms with Crippen molar-refractivity contribution in [3.8, 4) is 0 Å². The Balaban J connectivity index is 4.09. The third-order valence-electron chi connectivity index (χ3n) is 2.38. The Labute approximate surface area is 107 Å². The summed E-state index contributed by atoms with van der Waals surface area (Å²) in [6.07, 6.45) is -1.07. The molecule has 0 aromatic carbocycles. The molecule has 0 aromatic rings. The first-order chi connectivity index (χ1) is 8.16. The average Bonchev–Trinajstić information content (AvgIpc) is 2.14. The molecule has 1 atom stereocenters. The fourth-order valence-electron chi connectivity index (χ4n) is 1.15. The summed E-state index contributed by atoms with van der Waals surface area (Å²) in [5, 5.41) is 11.5. The van der Waals surface area contributed by atoms with E-state index in [-0.39, 0.29) is 12.8 Å². The second-order valence-electron chi connectivity index (χ2n) is 4.75. The zero-order chi connectivity index (χ0) is 14.3. The number of carbonyl (C=O) groups excluding carboxylic acids is 3. The van der Waals surface area contributed by atoms with Crippen LogP contribution in [-0.2, 0) is 19.1 Å². The molecule has 0 fully saturated rings. The van der Waals surface area contributed by atoms with E-state index in [1.807, 2.05) is 12.2 Å². The van der Waals surface area contributed by atoms with Crippen molar-refractivity contribution in [1.29, 1.82) is 0 Å². The highest BCUT2D eigenvalue weighted by molar-refractivity contribution is 5.94. The minimum absolute atomic E-state index is 0.269. The van der Waals surface area contributed by atoms with Crippen molar-refractivity contribution in [2.75, 3.05) is 0 Å². The number of imide groups is 1. The van der Waals surface area contributed by atoms with Crippen LogP contribution < -0.4 is 5.32 Å². The maximum absolute atomic E-state index is 11.5. The highest BCUT2D eigenvalue weighted by atomic mass is 16.6. The SMILES string of the molecule is CCC(C)(C)OC(=O)CC(O)CC(=O)NC(C)=O. The lowest BCUT2D eigenvalue weighted by Crippen LogP contribution is -2.33. The van der Waals surface area contributed by atoms with E-state index < -0.39 is 29.5 Å². The van der Waals surface area contributed by atoms with Gasteiger partial charge < -0.3 is 9.84 Å². The van der Waals surface area contributed by atoms with Crippen molar-refractivity contribution in [2.24, 2.45) is 0 Å². The maximum atomic E-state index is 11.5. The van der Waals surface area contributed by atoms with Crippen LogP contribution in [0, 0.1) is 0 Å². The van der Waals surface area contributed by atoms with Gasteiger partial charge in [0.1, 0.15) is 5.60 Å². The summed E-state index contributed by atoms with van der Waals surface area (Å²) in [5.41, 5.74) is -0.585. The van der Waals surface area contributed by atoms with Gasteiger partial charge >= 0.3 is 5.97 Å². The zero-order valence-corrected chi connectivity index (χ0v) is 11.3. The molecule has 104 valence electrons. The minimum Gasteiger partial charge on any atom is -0.460 e. The Hall–Kier alpha value is -1.43. The van der Waals surface area contributed by atoms with Crippen LogP contribution >= 0.6 is 0 Å². The smallest absolute Gasteiger partial charge is 0.308 e. The molecule has 0 aliphatic carbocycles. The van der Waals surface area contributed by atoms with Gasteiger partial charge in [0, 0.05) is 6.92 Å². The molecule has 0 aliphatic heterocycles. The van der Waals surface area contributed by atoms with Crippen LogP contribution in [-0.4, -0.2) is 34.6 Å². The molecule has 0 radical (unpaired) electrons.